The molecule has 0 amide bonds. The van der Waals surface area contributed by atoms with E-state index in [0.29, 0.717) is 12.3 Å². The molecule has 0 aromatic carbocycles. The molecule has 1 rings (SSSR count). The summed E-state index contributed by atoms with van der Waals surface area (Å²) in [7, 11) is 2.06. The number of hydrogen-bond acceptors (Lipinski definition) is 2. The van der Waals surface area contributed by atoms with Gasteiger partial charge in [0.1, 0.15) is 0 Å². The summed E-state index contributed by atoms with van der Waals surface area (Å²) < 4.78 is 6.35. The van der Waals surface area contributed by atoms with E-state index in [0.717, 1.165) is 0 Å². The number of pyridine rings is 1. The van der Waals surface area contributed by atoms with Crippen molar-refractivity contribution in [2.75, 3.05) is 0 Å². The minimum absolute atomic E-state index is 0.0926. The third-order valence-corrected chi connectivity index (χ3v) is 1.71. The van der Waals surface area contributed by atoms with Crippen molar-refractivity contribution in [3.63, 3.8) is 0 Å². The Morgan fingerprint density at radius 3 is 3.00 bits per heavy atom. The van der Waals surface area contributed by atoms with Gasteiger partial charge in [-0.25, -0.2) is 0 Å². The first kappa shape index (κ1) is 8.28. The van der Waals surface area contributed by atoms with E-state index in [9.17, 15) is 4.79 Å². The van der Waals surface area contributed by atoms with E-state index in [1.165, 1.54) is 0 Å². The highest BCUT2D eigenvalue weighted by Gasteiger charge is 1.98. The molecule has 0 bridgehead atoms. The maximum Gasteiger partial charge on any atom is 0.293 e. The van der Waals surface area contributed by atoms with Crippen LogP contribution in [0.2, 0.25) is 0 Å². The van der Waals surface area contributed by atoms with Crippen molar-refractivity contribution >= 4 is 9.47 Å². The van der Waals surface area contributed by atoms with Crippen LogP contribution in [0.5, 0.6) is 5.75 Å². The topological polar surface area (TPSA) is 31.2 Å². The largest absolute Gasteiger partial charge is 0.475 e. The second kappa shape index (κ2) is 3.54. The average Bonchev–Trinajstić information content (AvgIpc) is 2.05. The van der Waals surface area contributed by atoms with E-state index in [1.807, 2.05) is 6.92 Å². The van der Waals surface area contributed by atoms with Crippen LogP contribution in [-0.4, -0.2) is 4.57 Å². The molecular weight excluding hydrogens is 161 g/mol. The van der Waals surface area contributed by atoms with Gasteiger partial charge < -0.3 is 9.09 Å². The number of hydrogen-bond donors (Lipinski definition) is 0. The van der Waals surface area contributed by atoms with Crippen LogP contribution in [0.15, 0.2) is 23.1 Å². The summed E-state index contributed by atoms with van der Waals surface area (Å²) in [6.07, 6.45) is 1.73. The molecule has 1 aromatic heterocycles. The third kappa shape index (κ3) is 1.60. The van der Waals surface area contributed by atoms with Crippen molar-refractivity contribution in [1.82, 2.24) is 4.57 Å². The lowest BCUT2D eigenvalue weighted by Crippen LogP contribution is -2.18. The molecule has 0 aliphatic rings. The monoisotopic (exact) mass is 171 g/mol. The van der Waals surface area contributed by atoms with E-state index in [2.05, 4.69) is 9.47 Å². The predicted octanol–water partition coefficient (Wildman–Crippen LogP) is 1.04. The molecule has 0 saturated carbocycles. The van der Waals surface area contributed by atoms with Gasteiger partial charge in [0.15, 0.2) is 5.75 Å². The number of nitrogens with zero attached hydrogens (tertiary/aromatic N) is 1. The lowest BCUT2D eigenvalue weighted by Gasteiger charge is -2.02. The molecule has 0 aliphatic heterocycles. The minimum atomic E-state index is -0.0926. The van der Waals surface area contributed by atoms with Gasteiger partial charge in [0.2, 0.25) is 0 Å². The van der Waals surface area contributed by atoms with Crippen LogP contribution >= 0.6 is 9.47 Å². The van der Waals surface area contributed by atoms with Gasteiger partial charge in [0, 0.05) is 12.7 Å². The highest BCUT2D eigenvalue weighted by atomic mass is 31.0. The highest BCUT2D eigenvalue weighted by Crippen LogP contribution is 2.04. The van der Waals surface area contributed by atoms with Gasteiger partial charge in [0.05, 0.1) is 9.47 Å². The first-order chi connectivity index (χ1) is 5.29. The van der Waals surface area contributed by atoms with Crippen LogP contribution < -0.4 is 10.1 Å². The van der Waals surface area contributed by atoms with Crippen LogP contribution in [0.1, 0.15) is 6.92 Å². The van der Waals surface area contributed by atoms with Gasteiger partial charge in [-0.1, -0.05) is 0 Å². The van der Waals surface area contributed by atoms with Crippen molar-refractivity contribution in [1.29, 1.82) is 0 Å². The van der Waals surface area contributed by atoms with Crippen molar-refractivity contribution in [3.05, 3.63) is 28.7 Å². The van der Waals surface area contributed by atoms with Crippen LogP contribution in [0.25, 0.3) is 0 Å². The van der Waals surface area contributed by atoms with Crippen LogP contribution in [0.3, 0.4) is 0 Å². The SMILES string of the molecule is CCn1cccc(OP)c1=O. The Bertz CT molecular complexity index is 269. The summed E-state index contributed by atoms with van der Waals surface area (Å²) in [5.41, 5.74) is -0.0926. The molecule has 0 N–H and O–H groups in total. The van der Waals surface area contributed by atoms with Gasteiger partial charge in [-0.15, -0.1) is 0 Å². The Hall–Kier alpha value is -0.820. The fourth-order valence-electron chi connectivity index (χ4n) is 0.854. The zero-order valence-corrected chi connectivity index (χ0v) is 7.43. The first-order valence-corrected chi connectivity index (χ1v) is 3.83. The van der Waals surface area contributed by atoms with Gasteiger partial charge in [-0.3, -0.25) is 4.79 Å². The molecule has 3 nitrogen and oxygen atoms in total. The quantitative estimate of drug-likeness (QED) is 0.622. The van der Waals surface area contributed by atoms with Crippen molar-refractivity contribution in [3.8, 4) is 5.75 Å². The van der Waals surface area contributed by atoms with E-state index in [1.54, 1.807) is 22.9 Å². The van der Waals surface area contributed by atoms with Crippen LogP contribution in [0.4, 0.5) is 0 Å². The number of rotatable bonds is 2. The highest BCUT2D eigenvalue weighted by molar-refractivity contribution is 7.10. The Balaban J connectivity index is 3.21. The summed E-state index contributed by atoms with van der Waals surface area (Å²) >= 11 is 0. The Kier molecular flexibility index (Phi) is 2.66. The van der Waals surface area contributed by atoms with Crippen molar-refractivity contribution in [2.24, 2.45) is 0 Å². The zero-order chi connectivity index (χ0) is 8.27. The van der Waals surface area contributed by atoms with Crippen LogP contribution in [-0.2, 0) is 6.54 Å². The molecule has 0 aliphatic carbocycles. The Morgan fingerprint density at radius 1 is 1.73 bits per heavy atom. The normalized spacial score (nSPS) is 9.64. The molecular formula is C7H10NO2P. The molecule has 11 heavy (non-hydrogen) atoms. The Morgan fingerprint density at radius 2 is 2.45 bits per heavy atom. The molecule has 60 valence electrons. The zero-order valence-electron chi connectivity index (χ0n) is 6.28. The second-order valence-electron chi connectivity index (χ2n) is 2.08. The Labute approximate surface area is 67.3 Å². The fourth-order valence-corrected chi connectivity index (χ4v) is 1.03. The van der Waals surface area contributed by atoms with E-state index in [4.69, 9.17) is 4.52 Å². The van der Waals surface area contributed by atoms with Gasteiger partial charge in [-0.05, 0) is 19.1 Å². The summed E-state index contributed by atoms with van der Waals surface area (Å²) in [4.78, 5) is 11.3. The smallest absolute Gasteiger partial charge is 0.293 e. The van der Waals surface area contributed by atoms with Gasteiger partial charge >= 0.3 is 0 Å². The maximum atomic E-state index is 11.3. The van der Waals surface area contributed by atoms with E-state index in [-0.39, 0.29) is 5.56 Å². The van der Waals surface area contributed by atoms with Crippen LogP contribution in [0, 0.1) is 0 Å². The first-order valence-electron chi connectivity index (χ1n) is 3.35. The van der Waals surface area contributed by atoms with E-state index < -0.39 is 0 Å². The molecule has 0 fully saturated rings. The molecule has 1 heterocycles. The predicted molar refractivity (Wildman–Crippen MR) is 46.7 cm³/mol. The maximum absolute atomic E-state index is 11.3. The van der Waals surface area contributed by atoms with Crippen molar-refractivity contribution < 1.29 is 4.52 Å². The average molecular weight is 171 g/mol. The third-order valence-electron chi connectivity index (χ3n) is 1.45. The molecule has 0 spiro atoms. The summed E-state index contributed by atoms with van der Waals surface area (Å²) in [6.45, 7) is 2.58. The van der Waals surface area contributed by atoms with Crippen molar-refractivity contribution in [2.45, 2.75) is 13.5 Å². The summed E-state index contributed by atoms with van der Waals surface area (Å²) in [5.74, 6) is 0.361. The minimum Gasteiger partial charge on any atom is -0.475 e. The molecule has 1 unspecified atom stereocenters. The molecule has 1 aromatic rings. The molecule has 1 atom stereocenters. The summed E-state index contributed by atoms with van der Waals surface area (Å²) in [6, 6.07) is 3.42. The molecule has 0 saturated heterocycles. The molecule has 4 heteroatoms. The number of aromatic nitrogens is 1. The second-order valence-corrected chi connectivity index (χ2v) is 2.32. The van der Waals surface area contributed by atoms with E-state index >= 15 is 0 Å². The molecule has 0 radical (unpaired) electrons. The lowest BCUT2D eigenvalue weighted by atomic mass is 10.4. The summed E-state index contributed by atoms with van der Waals surface area (Å²) in [5, 5.41) is 0. The van der Waals surface area contributed by atoms with Gasteiger partial charge in [-0.2, -0.15) is 0 Å². The van der Waals surface area contributed by atoms with Gasteiger partial charge in [0.25, 0.3) is 5.56 Å². The fraction of sp³-hybridized carbons (Fsp3) is 0.286. The lowest BCUT2D eigenvalue weighted by molar-refractivity contribution is 0.604. The standard InChI is InChI=1S/C7H10NO2P/c1-2-8-5-3-4-6(10-11)7(8)9/h3-5H,2,11H2,1H3. The number of aryl methyl sites for hydroxylation is 1.